The summed E-state index contributed by atoms with van der Waals surface area (Å²) >= 11 is 5.91. The zero-order chi connectivity index (χ0) is 15.6. The Balaban J connectivity index is 2.23. The van der Waals surface area contributed by atoms with Crippen molar-refractivity contribution in [3.63, 3.8) is 0 Å². The van der Waals surface area contributed by atoms with Gasteiger partial charge in [0.15, 0.2) is 0 Å². The average molecular weight is 332 g/mol. The number of nitrogens with one attached hydrogen (secondary N) is 1. The topological polar surface area (TPSA) is 83.5 Å². The van der Waals surface area contributed by atoms with Crippen molar-refractivity contribution in [2.45, 2.75) is 43.5 Å². The first kappa shape index (κ1) is 16.3. The normalized spacial score (nSPS) is 23.0. The van der Waals surface area contributed by atoms with Crippen molar-refractivity contribution in [1.29, 1.82) is 0 Å². The summed E-state index contributed by atoms with van der Waals surface area (Å²) in [4.78, 5) is 10.8. The Morgan fingerprint density at radius 1 is 1.29 bits per heavy atom. The molecule has 0 aliphatic heterocycles. The molecule has 0 bridgehead atoms. The fraction of sp³-hybridized carbons (Fsp3) is 0.500. The molecule has 2 rings (SSSR count). The molecule has 0 radical (unpaired) electrons. The first-order chi connectivity index (χ1) is 9.79. The fourth-order valence-corrected chi connectivity index (χ4v) is 4.33. The van der Waals surface area contributed by atoms with Gasteiger partial charge in [-0.3, -0.25) is 0 Å². The van der Waals surface area contributed by atoms with Crippen LogP contribution in [-0.4, -0.2) is 25.5 Å². The summed E-state index contributed by atoms with van der Waals surface area (Å²) in [7, 11) is -3.81. The number of aromatic carboxylic acids is 1. The van der Waals surface area contributed by atoms with E-state index in [-0.39, 0.29) is 21.5 Å². The summed E-state index contributed by atoms with van der Waals surface area (Å²) in [5.74, 6) is -0.570. The van der Waals surface area contributed by atoms with Crippen LogP contribution in [0.5, 0.6) is 0 Å². The van der Waals surface area contributed by atoms with Gasteiger partial charge in [0.05, 0.1) is 10.6 Å². The van der Waals surface area contributed by atoms with Crippen LogP contribution >= 0.6 is 11.6 Å². The third-order valence-corrected chi connectivity index (χ3v) is 5.81. The molecular formula is C14H18ClNO4S. The monoisotopic (exact) mass is 331 g/mol. The molecule has 5 nitrogen and oxygen atoms in total. The Kier molecular flexibility index (Phi) is 4.91. The molecule has 116 valence electrons. The van der Waals surface area contributed by atoms with Gasteiger partial charge in [0.1, 0.15) is 4.90 Å². The van der Waals surface area contributed by atoms with Crippen molar-refractivity contribution in [3.8, 4) is 0 Å². The van der Waals surface area contributed by atoms with E-state index in [1.165, 1.54) is 12.1 Å². The van der Waals surface area contributed by atoms with Crippen LogP contribution in [0.4, 0.5) is 0 Å². The third-order valence-electron chi connectivity index (χ3n) is 3.81. The van der Waals surface area contributed by atoms with Gasteiger partial charge in [-0.05, 0) is 49.8 Å². The van der Waals surface area contributed by atoms with E-state index in [1.807, 2.05) is 0 Å². The Labute approximate surface area is 129 Å². The minimum absolute atomic E-state index is 0.0247. The Bertz CT molecular complexity index is 636. The Morgan fingerprint density at radius 3 is 2.48 bits per heavy atom. The maximum absolute atomic E-state index is 12.4. The lowest BCUT2D eigenvalue weighted by Crippen LogP contribution is -2.37. The molecule has 0 saturated heterocycles. The zero-order valence-corrected chi connectivity index (χ0v) is 13.2. The Hall–Kier alpha value is -1.11. The number of sulfonamides is 1. The number of rotatable bonds is 4. The van der Waals surface area contributed by atoms with Crippen LogP contribution in [-0.2, 0) is 10.0 Å². The van der Waals surface area contributed by atoms with Gasteiger partial charge in [-0.1, -0.05) is 18.5 Å². The number of hydrogen-bond donors (Lipinski definition) is 2. The van der Waals surface area contributed by atoms with E-state index < -0.39 is 16.0 Å². The molecule has 21 heavy (non-hydrogen) atoms. The van der Waals surface area contributed by atoms with Gasteiger partial charge in [0.25, 0.3) is 0 Å². The number of halogens is 1. The molecule has 1 aromatic carbocycles. The molecule has 1 aliphatic rings. The smallest absolute Gasteiger partial charge is 0.335 e. The summed E-state index contributed by atoms with van der Waals surface area (Å²) in [5, 5.41) is 8.98. The molecule has 0 spiro atoms. The molecule has 0 atom stereocenters. The summed E-state index contributed by atoms with van der Waals surface area (Å²) in [6.45, 7) is 2.15. The minimum atomic E-state index is -3.81. The predicted molar refractivity (Wildman–Crippen MR) is 80.2 cm³/mol. The summed E-state index contributed by atoms with van der Waals surface area (Å²) in [5.41, 5.74) is -0.1000. The number of carboxylic acids is 1. The van der Waals surface area contributed by atoms with Gasteiger partial charge in [0, 0.05) is 6.04 Å². The van der Waals surface area contributed by atoms with Crippen molar-refractivity contribution in [3.05, 3.63) is 28.8 Å². The van der Waals surface area contributed by atoms with Crippen molar-refractivity contribution < 1.29 is 18.3 Å². The van der Waals surface area contributed by atoms with E-state index in [9.17, 15) is 13.2 Å². The summed E-state index contributed by atoms with van der Waals surface area (Å²) in [6.07, 6.45) is 3.54. The lowest BCUT2D eigenvalue weighted by atomic mass is 9.88. The van der Waals surface area contributed by atoms with Gasteiger partial charge in [0.2, 0.25) is 10.0 Å². The van der Waals surface area contributed by atoms with Crippen LogP contribution in [0.2, 0.25) is 5.02 Å². The van der Waals surface area contributed by atoms with Crippen LogP contribution in [0.3, 0.4) is 0 Å². The SMILES string of the molecule is CC1CCC(NS(=O)(=O)c2cc(C(=O)O)ccc2Cl)CC1. The molecule has 0 amide bonds. The summed E-state index contributed by atoms with van der Waals surface area (Å²) in [6, 6.07) is 3.56. The standard InChI is InChI=1S/C14H18ClNO4S/c1-9-2-5-11(6-3-9)16-21(19,20)13-8-10(14(17)18)4-7-12(13)15/h4,7-9,11,16H,2-3,5-6H2,1H3,(H,17,18). The first-order valence-corrected chi connectivity index (χ1v) is 8.71. The van der Waals surface area contributed by atoms with E-state index in [2.05, 4.69) is 11.6 Å². The molecule has 1 fully saturated rings. The zero-order valence-electron chi connectivity index (χ0n) is 11.7. The minimum Gasteiger partial charge on any atom is -0.478 e. The van der Waals surface area contributed by atoms with E-state index in [4.69, 9.17) is 16.7 Å². The van der Waals surface area contributed by atoms with Crippen molar-refractivity contribution in [2.24, 2.45) is 5.92 Å². The molecule has 0 unspecified atom stereocenters. The maximum Gasteiger partial charge on any atom is 0.335 e. The second-order valence-corrected chi connectivity index (χ2v) is 7.62. The number of carboxylic acid groups (broad SMARTS) is 1. The van der Waals surface area contributed by atoms with Crippen LogP contribution in [0.25, 0.3) is 0 Å². The van der Waals surface area contributed by atoms with Crippen LogP contribution < -0.4 is 4.72 Å². The quantitative estimate of drug-likeness (QED) is 0.888. The lowest BCUT2D eigenvalue weighted by Gasteiger charge is -2.26. The number of hydrogen-bond acceptors (Lipinski definition) is 3. The molecule has 7 heteroatoms. The average Bonchev–Trinajstić information content (AvgIpc) is 2.41. The van der Waals surface area contributed by atoms with Crippen LogP contribution in [0.15, 0.2) is 23.1 Å². The highest BCUT2D eigenvalue weighted by atomic mass is 35.5. The first-order valence-electron chi connectivity index (χ1n) is 6.85. The maximum atomic E-state index is 12.4. The van der Waals surface area contributed by atoms with Gasteiger partial charge in [-0.2, -0.15) is 0 Å². The van der Waals surface area contributed by atoms with E-state index >= 15 is 0 Å². The van der Waals surface area contributed by atoms with Crippen LogP contribution in [0, 0.1) is 5.92 Å². The molecule has 1 aromatic rings. The number of carbonyl (C=O) groups is 1. The summed E-state index contributed by atoms with van der Waals surface area (Å²) < 4.78 is 27.4. The molecule has 1 saturated carbocycles. The van der Waals surface area contributed by atoms with Gasteiger partial charge >= 0.3 is 5.97 Å². The van der Waals surface area contributed by atoms with Gasteiger partial charge in [-0.25, -0.2) is 17.9 Å². The van der Waals surface area contributed by atoms with E-state index in [1.54, 1.807) is 0 Å². The van der Waals surface area contributed by atoms with E-state index in [0.29, 0.717) is 5.92 Å². The molecule has 0 aromatic heterocycles. The second-order valence-electron chi connectivity index (χ2n) is 5.53. The van der Waals surface area contributed by atoms with Crippen molar-refractivity contribution in [2.75, 3.05) is 0 Å². The molecule has 1 aliphatic carbocycles. The third kappa shape index (κ3) is 3.96. The highest BCUT2D eigenvalue weighted by Gasteiger charge is 2.26. The molecule has 2 N–H and O–H groups in total. The second kappa shape index (κ2) is 6.34. The highest BCUT2D eigenvalue weighted by molar-refractivity contribution is 7.89. The van der Waals surface area contributed by atoms with Gasteiger partial charge in [-0.15, -0.1) is 0 Å². The lowest BCUT2D eigenvalue weighted by molar-refractivity contribution is 0.0696. The van der Waals surface area contributed by atoms with Crippen molar-refractivity contribution in [1.82, 2.24) is 4.72 Å². The van der Waals surface area contributed by atoms with Crippen LogP contribution in [0.1, 0.15) is 43.0 Å². The number of benzene rings is 1. The fourth-order valence-electron chi connectivity index (χ4n) is 2.50. The largest absolute Gasteiger partial charge is 0.478 e. The molecule has 0 heterocycles. The highest BCUT2D eigenvalue weighted by Crippen LogP contribution is 2.27. The van der Waals surface area contributed by atoms with Gasteiger partial charge < -0.3 is 5.11 Å². The predicted octanol–water partition coefficient (Wildman–Crippen LogP) is 2.90. The van der Waals surface area contributed by atoms with E-state index in [0.717, 1.165) is 31.7 Å². The Morgan fingerprint density at radius 2 is 1.90 bits per heavy atom. The molecular weight excluding hydrogens is 314 g/mol. The van der Waals surface area contributed by atoms with Crippen molar-refractivity contribution >= 4 is 27.6 Å².